The van der Waals surface area contributed by atoms with Crippen LogP contribution in [0.25, 0.3) is 0 Å². The van der Waals surface area contributed by atoms with Crippen LogP contribution in [-0.4, -0.2) is 17.5 Å². The predicted octanol–water partition coefficient (Wildman–Crippen LogP) is 3.36. The molecule has 2 aromatic carbocycles. The maximum Gasteiger partial charge on any atom is 0.272 e. The highest BCUT2D eigenvalue weighted by Crippen LogP contribution is 2.17. The molecule has 0 aliphatic heterocycles. The smallest absolute Gasteiger partial charge is 0.272 e. The van der Waals surface area contributed by atoms with E-state index in [0.29, 0.717) is 12.5 Å². The SMILES string of the molecule is CC(Cc1ccccc1)NCCc1ccccc1[N+](=O)[O-]. The van der Waals surface area contributed by atoms with Gasteiger partial charge in [-0.2, -0.15) is 0 Å². The molecule has 0 radical (unpaired) electrons. The first-order chi connectivity index (χ1) is 10.2. The average molecular weight is 284 g/mol. The Bertz CT molecular complexity index is 584. The van der Waals surface area contributed by atoms with Crippen LogP contribution in [-0.2, 0) is 12.8 Å². The fourth-order valence-corrected chi connectivity index (χ4v) is 2.39. The largest absolute Gasteiger partial charge is 0.314 e. The number of nitrogens with zero attached hydrogens (tertiary/aromatic N) is 1. The molecule has 1 unspecified atom stereocenters. The summed E-state index contributed by atoms with van der Waals surface area (Å²) in [5.74, 6) is 0. The van der Waals surface area contributed by atoms with Gasteiger partial charge in [-0.25, -0.2) is 0 Å². The molecule has 0 aliphatic rings. The normalized spacial score (nSPS) is 12.0. The molecule has 0 saturated heterocycles. The van der Waals surface area contributed by atoms with E-state index in [1.165, 1.54) is 5.56 Å². The van der Waals surface area contributed by atoms with Crippen molar-refractivity contribution in [1.29, 1.82) is 0 Å². The van der Waals surface area contributed by atoms with E-state index in [2.05, 4.69) is 24.4 Å². The van der Waals surface area contributed by atoms with Crippen molar-refractivity contribution >= 4 is 5.69 Å². The van der Waals surface area contributed by atoms with Crippen LogP contribution in [0.2, 0.25) is 0 Å². The molecule has 0 aliphatic carbocycles. The summed E-state index contributed by atoms with van der Waals surface area (Å²) in [6.07, 6.45) is 1.62. The molecule has 21 heavy (non-hydrogen) atoms. The monoisotopic (exact) mass is 284 g/mol. The van der Waals surface area contributed by atoms with Crippen LogP contribution in [0.4, 0.5) is 5.69 Å². The first kappa shape index (κ1) is 15.2. The molecular weight excluding hydrogens is 264 g/mol. The Morgan fingerprint density at radius 3 is 2.48 bits per heavy atom. The lowest BCUT2D eigenvalue weighted by Crippen LogP contribution is -2.30. The Kier molecular flexibility index (Phi) is 5.46. The highest BCUT2D eigenvalue weighted by Gasteiger charge is 2.12. The number of nitro groups is 1. The van der Waals surface area contributed by atoms with Crippen molar-refractivity contribution in [3.63, 3.8) is 0 Å². The van der Waals surface area contributed by atoms with Crippen LogP contribution >= 0.6 is 0 Å². The summed E-state index contributed by atoms with van der Waals surface area (Å²) in [5, 5.41) is 14.4. The third kappa shape index (κ3) is 4.68. The zero-order valence-corrected chi connectivity index (χ0v) is 12.2. The third-order valence-electron chi connectivity index (χ3n) is 3.46. The van der Waals surface area contributed by atoms with Gasteiger partial charge in [0.05, 0.1) is 4.92 Å². The number of hydrogen-bond acceptors (Lipinski definition) is 3. The second-order valence-electron chi connectivity index (χ2n) is 5.18. The van der Waals surface area contributed by atoms with E-state index >= 15 is 0 Å². The van der Waals surface area contributed by atoms with Crippen LogP contribution in [0.15, 0.2) is 54.6 Å². The summed E-state index contributed by atoms with van der Waals surface area (Å²) in [6, 6.07) is 17.6. The maximum atomic E-state index is 10.9. The van der Waals surface area contributed by atoms with Gasteiger partial charge >= 0.3 is 0 Å². The molecule has 2 aromatic rings. The molecule has 0 aromatic heterocycles. The van der Waals surface area contributed by atoms with E-state index in [0.717, 1.165) is 18.5 Å². The summed E-state index contributed by atoms with van der Waals surface area (Å²) in [6.45, 7) is 2.87. The summed E-state index contributed by atoms with van der Waals surface area (Å²) < 4.78 is 0. The molecule has 0 fully saturated rings. The van der Waals surface area contributed by atoms with E-state index in [1.54, 1.807) is 12.1 Å². The molecule has 4 nitrogen and oxygen atoms in total. The van der Waals surface area contributed by atoms with Gasteiger partial charge in [0, 0.05) is 17.7 Å². The topological polar surface area (TPSA) is 55.2 Å². The number of hydrogen-bond donors (Lipinski definition) is 1. The van der Waals surface area contributed by atoms with Crippen molar-refractivity contribution in [2.45, 2.75) is 25.8 Å². The molecule has 0 spiro atoms. The molecule has 0 heterocycles. The summed E-state index contributed by atoms with van der Waals surface area (Å²) >= 11 is 0. The number of benzene rings is 2. The van der Waals surface area contributed by atoms with Crippen LogP contribution in [0.1, 0.15) is 18.1 Å². The Morgan fingerprint density at radius 1 is 1.10 bits per heavy atom. The number of nitro benzene ring substituents is 1. The first-order valence-electron chi connectivity index (χ1n) is 7.16. The maximum absolute atomic E-state index is 10.9. The molecule has 1 N–H and O–H groups in total. The first-order valence-corrected chi connectivity index (χ1v) is 7.16. The van der Waals surface area contributed by atoms with Gasteiger partial charge in [0.25, 0.3) is 5.69 Å². The van der Waals surface area contributed by atoms with Gasteiger partial charge in [0.1, 0.15) is 0 Å². The van der Waals surface area contributed by atoms with Gasteiger partial charge in [-0.15, -0.1) is 0 Å². The Balaban J connectivity index is 1.83. The fourth-order valence-electron chi connectivity index (χ4n) is 2.39. The van der Waals surface area contributed by atoms with E-state index in [-0.39, 0.29) is 10.6 Å². The summed E-state index contributed by atoms with van der Waals surface area (Å²) in [5.41, 5.74) is 2.28. The lowest BCUT2D eigenvalue weighted by atomic mass is 10.1. The standard InChI is InChI=1S/C17H20N2O2/c1-14(13-15-7-3-2-4-8-15)18-12-11-16-9-5-6-10-17(16)19(20)21/h2-10,14,18H,11-13H2,1H3. The minimum absolute atomic E-state index is 0.204. The third-order valence-corrected chi connectivity index (χ3v) is 3.46. The van der Waals surface area contributed by atoms with Gasteiger partial charge in [0.2, 0.25) is 0 Å². The summed E-state index contributed by atoms with van der Waals surface area (Å²) in [7, 11) is 0. The molecular formula is C17H20N2O2. The average Bonchev–Trinajstić information content (AvgIpc) is 2.48. The van der Waals surface area contributed by atoms with Crippen molar-refractivity contribution in [2.24, 2.45) is 0 Å². The lowest BCUT2D eigenvalue weighted by molar-refractivity contribution is -0.385. The van der Waals surface area contributed by atoms with Gasteiger partial charge in [-0.05, 0) is 31.9 Å². The second kappa shape index (κ2) is 7.55. The Morgan fingerprint density at radius 2 is 1.76 bits per heavy atom. The van der Waals surface area contributed by atoms with E-state index in [1.807, 2.05) is 30.3 Å². The van der Waals surface area contributed by atoms with Crippen molar-refractivity contribution in [1.82, 2.24) is 5.32 Å². The van der Waals surface area contributed by atoms with Crippen LogP contribution in [0.5, 0.6) is 0 Å². The zero-order valence-electron chi connectivity index (χ0n) is 12.2. The van der Waals surface area contributed by atoms with Crippen LogP contribution in [0.3, 0.4) is 0 Å². The zero-order chi connectivity index (χ0) is 15.1. The van der Waals surface area contributed by atoms with E-state index < -0.39 is 0 Å². The van der Waals surface area contributed by atoms with Crippen molar-refractivity contribution in [3.8, 4) is 0 Å². The highest BCUT2D eigenvalue weighted by atomic mass is 16.6. The molecule has 0 saturated carbocycles. The second-order valence-corrected chi connectivity index (χ2v) is 5.18. The highest BCUT2D eigenvalue weighted by molar-refractivity contribution is 5.39. The predicted molar refractivity (Wildman–Crippen MR) is 84.4 cm³/mol. The lowest BCUT2D eigenvalue weighted by Gasteiger charge is -2.13. The van der Waals surface area contributed by atoms with Gasteiger partial charge in [0.15, 0.2) is 0 Å². The number of nitrogens with one attached hydrogen (secondary N) is 1. The number of para-hydroxylation sites is 1. The fraction of sp³-hybridized carbons (Fsp3) is 0.294. The van der Waals surface area contributed by atoms with Gasteiger partial charge in [-0.3, -0.25) is 10.1 Å². The van der Waals surface area contributed by atoms with Gasteiger partial charge < -0.3 is 5.32 Å². The Hall–Kier alpha value is -2.20. The molecule has 4 heteroatoms. The van der Waals surface area contributed by atoms with E-state index in [9.17, 15) is 10.1 Å². The van der Waals surface area contributed by atoms with Gasteiger partial charge in [-0.1, -0.05) is 48.5 Å². The van der Waals surface area contributed by atoms with Crippen molar-refractivity contribution < 1.29 is 4.92 Å². The Labute approximate surface area is 125 Å². The molecule has 0 amide bonds. The molecule has 1 atom stereocenters. The van der Waals surface area contributed by atoms with E-state index in [4.69, 9.17) is 0 Å². The summed E-state index contributed by atoms with van der Waals surface area (Å²) in [4.78, 5) is 10.6. The van der Waals surface area contributed by atoms with Crippen LogP contribution in [0, 0.1) is 10.1 Å². The molecule has 110 valence electrons. The number of rotatable bonds is 7. The molecule has 2 rings (SSSR count). The minimum Gasteiger partial charge on any atom is -0.314 e. The van der Waals surface area contributed by atoms with Crippen molar-refractivity contribution in [3.05, 3.63) is 75.8 Å². The molecule has 0 bridgehead atoms. The quantitative estimate of drug-likeness (QED) is 0.626. The minimum atomic E-state index is -0.317. The van der Waals surface area contributed by atoms with Crippen LogP contribution < -0.4 is 5.32 Å². The van der Waals surface area contributed by atoms with Crippen molar-refractivity contribution in [2.75, 3.05) is 6.54 Å².